The van der Waals surface area contributed by atoms with E-state index in [0.29, 0.717) is 11.2 Å². The van der Waals surface area contributed by atoms with E-state index in [4.69, 9.17) is 5.73 Å². The van der Waals surface area contributed by atoms with Crippen LogP contribution >= 0.6 is 0 Å². The lowest BCUT2D eigenvalue weighted by molar-refractivity contribution is 0.609. The van der Waals surface area contributed by atoms with Crippen LogP contribution in [-0.4, -0.2) is 20.9 Å². The standard InChI is InChI=1S/C11H15N5/c1-11(2-3-11)7-14-9-10-13-4-5-16(10)6-8(12)15-9/h4-6H,2-3,7,12H2,1H3,(H,14,15). The van der Waals surface area contributed by atoms with Crippen molar-refractivity contribution in [3.63, 3.8) is 0 Å². The molecule has 3 N–H and O–H groups in total. The number of rotatable bonds is 3. The number of nitrogens with zero attached hydrogens (tertiary/aromatic N) is 3. The summed E-state index contributed by atoms with van der Waals surface area (Å²) in [5, 5.41) is 3.34. The number of hydrogen-bond acceptors (Lipinski definition) is 4. The van der Waals surface area contributed by atoms with Gasteiger partial charge in [0, 0.05) is 18.9 Å². The molecule has 0 spiro atoms. The van der Waals surface area contributed by atoms with Crippen molar-refractivity contribution in [2.24, 2.45) is 5.41 Å². The van der Waals surface area contributed by atoms with Crippen LogP contribution in [0.3, 0.4) is 0 Å². The van der Waals surface area contributed by atoms with E-state index < -0.39 is 0 Å². The molecule has 1 fully saturated rings. The van der Waals surface area contributed by atoms with E-state index in [-0.39, 0.29) is 0 Å². The van der Waals surface area contributed by atoms with Crippen molar-refractivity contribution in [3.8, 4) is 0 Å². The minimum absolute atomic E-state index is 0.440. The van der Waals surface area contributed by atoms with Crippen LogP contribution in [0.5, 0.6) is 0 Å². The fourth-order valence-electron chi connectivity index (χ4n) is 1.76. The van der Waals surface area contributed by atoms with Gasteiger partial charge in [-0.1, -0.05) is 6.92 Å². The SMILES string of the molecule is CC1(CNc2nc(N)cn3ccnc23)CC1. The van der Waals surface area contributed by atoms with Crippen LogP contribution in [0.4, 0.5) is 11.6 Å². The zero-order valence-corrected chi connectivity index (χ0v) is 9.27. The number of fused-ring (bicyclic) bond motifs is 1. The average Bonchev–Trinajstić information content (AvgIpc) is 2.79. The molecule has 2 aromatic rings. The first-order valence-corrected chi connectivity index (χ1v) is 5.49. The highest BCUT2D eigenvalue weighted by Crippen LogP contribution is 2.44. The second-order valence-electron chi connectivity index (χ2n) is 4.84. The Hall–Kier alpha value is -1.78. The lowest BCUT2D eigenvalue weighted by atomic mass is 10.1. The van der Waals surface area contributed by atoms with Crippen molar-refractivity contribution in [1.29, 1.82) is 0 Å². The number of hydrogen-bond donors (Lipinski definition) is 2. The van der Waals surface area contributed by atoms with Crippen LogP contribution in [0, 0.1) is 5.41 Å². The van der Waals surface area contributed by atoms with Gasteiger partial charge < -0.3 is 15.5 Å². The minimum Gasteiger partial charge on any atom is -0.382 e. The topological polar surface area (TPSA) is 68.2 Å². The maximum Gasteiger partial charge on any atom is 0.180 e. The fraction of sp³-hybridized carbons (Fsp3) is 0.455. The number of nitrogens with two attached hydrogens (primary N) is 1. The first kappa shape index (κ1) is 9.45. The molecule has 1 aliphatic rings. The van der Waals surface area contributed by atoms with Crippen LogP contribution < -0.4 is 11.1 Å². The molecular formula is C11H15N5. The summed E-state index contributed by atoms with van der Waals surface area (Å²) in [6, 6.07) is 0. The Balaban J connectivity index is 1.92. The molecule has 16 heavy (non-hydrogen) atoms. The molecule has 0 amide bonds. The molecule has 3 rings (SSSR count). The molecule has 0 aromatic carbocycles. The molecule has 0 atom stereocenters. The third-order valence-electron chi connectivity index (χ3n) is 3.18. The lowest BCUT2D eigenvalue weighted by Gasteiger charge is -2.11. The zero-order valence-electron chi connectivity index (χ0n) is 9.27. The van der Waals surface area contributed by atoms with E-state index in [1.54, 1.807) is 12.4 Å². The highest BCUT2D eigenvalue weighted by molar-refractivity contribution is 5.64. The summed E-state index contributed by atoms with van der Waals surface area (Å²) in [7, 11) is 0. The van der Waals surface area contributed by atoms with E-state index in [0.717, 1.165) is 18.0 Å². The largest absolute Gasteiger partial charge is 0.382 e. The summed E-state index contributed by atoms with van der Waals surface area (Å²) in [4.78, 5) is 8.55. The highest BCUT2D eigenvalue weighted by Gasteiger charge is 2.37. The molecule has 1 aliphatic carbocycles. The van der Waals surface area contributed by atoms with Gasteiger partial charge in [0.2, 0.25) is 0 Å². The average molecular weight is 217 g/mol. The van der Waals surface area contributed by atoms with Crippen LogP contribution in [0.25, 0.3) is 5.65 Å². The smallest absolute Gasteiger partial charge is 0.180 e. The van der Waals surface area contributed by atoms with Gasteiger partial charge in [-0.2, -0.15) is 0 Å². The Bertz CT molecular complexity index is 526. The molecule has 0 aliphatic heterocycles. The number of nitrogens with one attached hydrogen (secondary N) is 1. The third-order valence-corrected chi connectivity index (χ3v) is 3.18. The van der Waals surface area contributed by atoms with Gasteiger partial charge in [-0.25, -0.2) is 9.97 Å². The number of aromatic nitrogens is 3. The number of imidazole rings is 1. The quantitative estimate of drug-likeness (QED) is 0.818. The predicted octanol–water partition coefficient (Wildman–Crippen LogP) is 1.52. The fourth-order valence-corrected chi connectivity index (χ4v) is 1.76. The molecule has 0 bridgehead atoms. The molecule has 1 saturated carbocycles. The van der Waals surface area contributed by atoms with E-state index in [1.807, 2.05) is 10.6 Å². The number of anilines is 2. The Morgan fingerprint density at radius 2 is 2.38 bits per heavy atom. The summed E-state index contributed by atoms with van der Waals surface area (Å²) in [5.41, 5.74) is 7.01. The first-order valence-electron chi connectivity index (χ1n) is 5.49. The summed E-state index contributed by atoms with van der Waals surface area (Å²) in [5.74, 6) is 1.28. The Morgan fingerprint density at radius 1 is 1.56 bits per heavy atom. The Labute approximate surface area is 93.7 Å². The van der Waals surface area contributed by atoms with Gasteiger partial charge >= 0.3 is 0 Å². The molecule has 84 valence electrons. The maximum absolute atomic E-state index is 5.74. The van der Waals surface area contributed by atoms with E-state index in [9.17, 15) is 0 Å². The highest BCUT2D eigenvalue weighted by atomic mass is 15.1. The van der Waals surface area contributed by atoms with Gasteiger partial charge in [0.1, 0.15) is 5.82 Å². The molecule has 2 heterocycles. The summed E-state index contributed by atoms with van der Waals surface area (Å²) in [6.45, 7) is 3.21. The van der Waals surface area contributed by atoms with Crippen LogP contribution in [0.2, 0.25) is 0 Å². The van der Waals surface area contributed by atoms with Crippen molar-refractivity contribution in [3.05, 3.63) is 18.6 Å². The number of nitrogen functional groups attached to an aromatic ring is 1. The Kier molecular flexibility index (Phi) is 1.83. The molecule has 5 heteroatoms. The normalized spacial score (nSPS) is 17.6. The van der Waals surface area contributed by atoms with Gasteiger partial charge in [0.25, 0.3) is 0 Å². The lowest BCUT2D eigenvalue weighted by Crippen LogP contribution is -2.14. The van der Waals surface area contributed by atoms with E-state index in [1.165, 1.54) is 12.8 Å². The second kappa shape index (κ2) is 3.10. The molecule has 5 nitrogen and oxygen atoms in total. The first-order chi connectivity index (χ1) is 7.66. The van der Waals surface area contributed by atoms with Crippen molar-refractivity contribution in [2.45, 2.75) is 19.8 Å². The molecule has 2 aromatic heterocycles. The summed E-state index contributed by atoms with van der Waals surface area (Å²) >= 11 is 0. The minimum atomic E-state index is 0.440. The summed E-state index contributed by atoms with van der Waals surface area (Å²) < 4.78 is 1.89. The van der Waals surface area contributed by atoms with Crippen molar-refractivity contribution in [1.82, 2.24) is 14.4 Å². The molecule has 0 radical (unpaired) electrons. The van der Waals surface area contributed by atoms with E-state index in [2.05, 4.69) is 22.2 Å². The van der Waals surface area contributed by atoms with Crippen molar-refractivity contribution in [2.75, 3.05) is 17.6 Å². The van der Waals surface area contributed by atoms with Crippen LogP contribution in [0.1, 0.15) is 19.8 Å². The summed E-state index contributed by atoms with van der Waals surface area (Å²) in [6.07, 6.45) is 7.96. The zero-order chi connectivity index (χ0) is 11.2. The van der Waals surface area contributed by atoms with Gasteiger partial charge in [0.05, 0.1) is 6.20 Å². The van der Waals surface area contributed by atoms with Gasteiger partial charge in [-0.05, 0) is 18.3 Å². The monoisotopic (exact) mass is 217 g/mol. The van der Waals surface area contributed by atoms with Crippen molar-refractivity contribution >= 4 is 17.3 Å². The van der Waals surface area contributed by atoms with E-state index >= 15 is 0 Å². The third kappa shape index (κ3) is 1.58. The predicted molar refractivity (Wildman–Crippen MR) is 63.2 cm³/mol. The van der Waals surface area contributed by atoms with Crippen LogP contribution in [-0.2, 0) is 0 Å². The van der Waals surface area contributed by atoms with Gasteiger partial charge in [-0.3, -0.25) is 0 Å². The molecular weight excluding hydrogens is 202 g/mol. The molecule has 0 unspecified atom stereocenters. The van der Waals surface area contributed by atoms with Gasteiger partial charge in [-0.15, -0.1) is 0 Å². The van der Waals surface area contributed by atoms with Gasteiger partial charge in [0.15, 0.2) is 11.5 Å². The molecule has 0 saturated heterocycles. The van der Waals surface area contributed by atoms with Crippen LogP contribution in [0.15, 0.2) is 18.6 Å². The second-order valence-corrected chi connectivity index (χ2v) is 4.84. The maximum atomic E-state index is 5.74. The van der Waals surface area contributed by atoms with Crippen molar-refractivity contribution < 1.29 is 0 Å². The Morgan fingerprint density at radius 3 is 3.12 bits per heavy atom.